The minimum absolute atomic E-state index is 0.204. The quantitative estimate of drug-likeness (QED) is 0.849. The van der Waals surface area contributed by atoms with Crippen molar-refractivity contribution in [2.24, 2.45) is 13.0 Å². The van der Waals surface area contributed by atoms with E-state index in [9.17, 15) is 14.4 Å². The summed E-state index contributed by atoms with van der Waals surface area (Å²) in [7, 11) is 2.94. The molecule has 2 aromatic rings. The predicted octanol–water partition coefficient (Wildman–Crippen LogP) is 1.86. The van der Waals surface area contributed by atoms with Crippen LogP contribution in [-0.4, -0.2) is 29.6 Å². The zero-order chi connectivity index (χ0) is 17.9. The number of para-hydroxylation sites is 1. The van der Waals surface area contributed by atoms with E-state index >= 15 is 0 Å². The third-order valence-electron chi connectivity index (χ3n) is 3.90. The molecule has 0 aliphatic heterocycles. The number of nitrogens with zero attached hydrogens (tertiary/aromatic N) is 1. The van der Waals surface area contributed by atoms with Gasteiger partial charge in [0.2, 0.25) is 0 Å². The van der Waals surface area contributed by atoms with Gasteiger partial charge in [0.1, 0.15) is 6.04 Å². The lowest BCUT2D eigenvalue weighted by Gasteiger charge is -2.19. The van der Waals surface area contributed by atoms with Crippen LogP contribution in [0.2, 0.25) is 0 Å². The van der Waals surface area contributed by atoms with Crippen molar-refractivity contribution < 1.29 is 14.3 Å². The van der Waals surface area contributed by atoms with Gasteiger partial charge in [-0.15, -0.1) is 0 Å². The molecular formula is C18H22N2O4. The van der Waals surface area contributed by atoms with Crippen LogP contribution in [0.3, 0.4) is 0 Å². The van der Waals surface area contributed by atoms with Gasteiger partial charge in [0.15, 0.2) is 0 Å². The maximum Gasteiger partial charge on any atom is 0.328 e. The number of esters is 1. The first-order valence-corrected chi connectivity index (χ1v) is 7.82. The van der Waals surface area contributed by atoms with Gasteiger partial charge in [0.05, 0.1) is 18.2 Å². The van der Waals surface area contributed by atoms with Gasteiger partial charge in [-0.2, -0.15) is 0 Å². The fraction of sp³-hybridized carbons (Fsp3) is 0.389. The zero-order valence-corrected chi connectivity index (χ0v) is 14.3. The average Bonchev–Trinajstić information content (AvgIpc) is 2.56. The molecule has 1 N–H and O–H groups in total. The third kappa shape index (κ3) is 3.64. The highest BCUT2D eigenvalue weighted by Crippen LogP contribution is 2.17. The number of benzene rings is 1. The minimum Gasteiger partial charge on any atom is -0.467 e. The molecular weight excluding hydrogens is 308 g/mol. The summed E-state index contributed by atoms with van der Waals surface area (Å²) in [5.41, 5.74) is 0.636. The lowest BCUT2D eigenvalue weighted by molar-refractivity contribution is -0.143. The Morgan fingerprint density at radius 3 is 2.54 bits per heavy atom. The van der Waals surface area contributed by atoms with E-state index in [1.54, 1.807) is 31.3 Å². The van der Waals surface area contributed by atoms with E-state index < -0.39 is 17.9 Å². The normalized spacial score (nSPS) is 12.2. The number of methoxy groups -OCH3 is 1. The summed E-state index contributed by atoms with van der Waals surface area (Å²) in [5, 5.41) is 3.35. The number of amides is 1. The van der Waals surface area contributed by atoms with Crippen LogP contribution < -0.4 is 10.9 Å². The van der Waals surface area contributed by atoms with Crippen LogP contribution in [0.1, 0.15) is 30.6 Å². The molecule has 0 fully saturated rings. The zero-order valence-electron chi connectivity index (χ0n) is 14.3. The van der Waals surface area contributed by atoms with Gasteiger partial charge < -0.3 is 14.6 Å². The van der Waals surface area contributed by atoms with Crippen molar-refractivity contribution in [2.45, 2.75) is 26.3 Å². The maximum atomic E-state index is 12.7. The number of aromatic nitrogens is 1. The van der Waals surface area contributed by atoms with Gasteiger partial charge in [-0.05, 0) is 18.4 Å². The Labute approximate surface area is 140 Å². The number of hydrogen-bond donors (Lipinski definition) is 1. The summed E-state index contributed by atoms with van der Waals surface area (Å²) < 4.78 is 6.24. The summed E-state index contributed by atoms with van der Waals surface area (Å²) in [6.07, 6.45) is 0.460. The Morgan fingerprint density at radius 1 is 1.25 bits per heavy atom. The summed E-state index contributed by atoms with van der Waals surface area (Å²) in [6.45, 7) is 3.91. The number of pyridine rings is 1. The fourth-order valence-electron chi connectivity index (χ4n) is 2.66. The van der Waals surface area contributed by atoms with Gasteiger partial charge in [-0.25, -0.2) is 4.79 Å². The molecule has 0 radical (unpaired) electrons. The molecule has 0 saturated carbocycles. The second-order valence-electron chi connectivity index (χ2n) is 6.15. The van der Waals surface area contributed by atoms with Gasteiger partial charge >= 0.3 is 5.97 Å². The van der Waals surface area contributed by atoms with Crippen LogP contribution in [-0.2, 0) is 16.6 Å². The molecule has 1 aromatic carbocycles. The Hall–Kier alpha value is -2.63. The summed E-state index contributed by atoms with van der Waals surface area (Å²) >= 11 is 0. The highest BCUT2D eigenvalue weighted by atomic mass is 16.5. The lowest BCUT2D eigenvalue weighted by Crippen LogP contribution is -2.42. The third-order valence-corrected chi connectivity index (χ3v) is 3.90. The minimum atomic E-state index is -0.745. The molecule has 2 rings (SSSR count). The van der Waals surface area contributed by atoms with E-state index in [0.717, 1.165) is 0 Å². The second kappa shape index (κ2) is 7.29. The smallest absolute Gasteiger partial charge is 0.328 e. The molecule has 1 atom stereocenters. The second-order valence-corrected chi connectivity index (χ2v) is 6.15. The molecule has 1 heterocycles. The van der Waals surface area contributed by atoms with E-state index in [-0.39, 0.29) is 17.0 Å². The monoisotopic (exact) mass is 330 g/mol. The van der Waals surface area contributed by atoms with Crippen LogP contribution in [0.25, 0.3) is 10.9 Å². The summed E-state index contributed by atoms with van der Waals surface area (Å²) in [5.74, 6) is -0.750. The van der Waals surface area contributed by atoms with Crippen molar-refractivity contribution in [1.29, 1.82) is 0 Å². The van der Waals surface area contributed by atoms with Crippen molar-refractivity contribution in [3.63, 3.8) is 0 Å². The Morgan fingerprint density at radius 2 is 1.92 bits per heavy atom. The molecule has 0 spiro atoms. The largest absolute Gasteiger partial charge is 0.467 e. The topological polar surface area (TPSA) is 77.4 Å². The number of aryl methyl sites for hydroxylation is 1. The first-order chi connectivity index (χ1) is 11.3. The van der Waals surface area contributed by atoms with Gasteiger partial charge in [0.25, 0.3) is 11.5 Å². The molecule has 24 heavy (non-hydrogen) atoms. The first-order valence-electron chi connectivity index (χ1n) is 7.82. The molecule has 0 unspecified atom stereocenters. The van der Waals surface area contributed by atoms with E-state index in [2.05, 4.69) is 5.32 Å². The number of fused-ring (bicyclic) bond motifs is 1. The Bertz CT molecular complexity index is 823. The van der Waals surface area contributed by atoms with Crippen LogP contribution >= 0.6 is 0 Å². The number of rotatable bonds is 5. The fourth-order valence-corrected chi connectivity index (χ4v) is 2.66. The summed E-state index contributed by atoms with van der Waals surface area (Å²) in [6, 6.07) is 7.71. The predicted molar refractivity (Wildman–Crippen MR) is 91.9 cm³/mol. The lowest BCUT2D eigenvalue weighted by atomic mass is 10.0. The van der Waals surface area contributed by atoms with Crippen LogP contribution in [0.5, 0.6) is 0 Å². The van der Waals surface area contributed by atoms with E-state index in [1.807, 2.05) is 13.8 Å². The molecule has 0 aliphatic rings. The van der Waals surface area contributed by atoms with Crippen molar-refractivity contribution in [3.8, 4) is 0 Å². The number of carbonyl (C=O) groups is 2. The average molecular weight is 330 g/mol. The molecule has 6 nitrogen and oxygen atoms in total. The number of nitrogens with one attached hydrogen (secondary N) is 1. The Kier molecular flexibility index (Phi) is 5.39. The van der Waals surface area contributed by atoms with Crippen LogP contribution in [0.15, 0.2) is 35.1 Å². The van der Waals surface area contributed by atoms with E-state index in [1.165, 1.54) is 17.7 Å². The number of carbonyl (C=O) groups excluding carboxylic acids is 2. The molecule has 1 amide bonds. The van der Waals surface area contributed by atoms with Crippen LogP contribution in [0, 0.1) is 5.92 Å². The highest BCUT2D eigenvalue weighted by molar-refractivity contribution is 6.07. The molecule has 0 bridgehead atoms. The highest BCUT2D eigenvalue weighted by Gasteiger charge is 2.24. The Balaban J connectivity index is 2.42. The number of hydrogen-bond acceptors (Lipinski definition) is 4. The SMILES string of the molecule is COC(=O)[C@@H](CC(C)C)NC(=O)c1cc(=O)n(C)c2ccccc12. The van der Waals surface area contributed by atoms with Crippen molar-refractivity contribution in [1.82, 2.24) is 9.88 Å². The van der Waals surface area contributed by atoms with Crippen molar-refractivity contribution in [2.75, 3.05) is 7.11 Å². The van der Waals surface area contributed by atoms with Crippen molar-refractivity contribution >= 4 is 22.8 Å². The number of ether oxygens (including phenoxy) is 1. The molecule has 128 valence electrons. The standard InChI is InChI=1S/C18H22N2O4/c1-11(2)9-14(18(23)24-4)19-17(22)13-10-16(21)20(3)15-8-6-5-7-12(13)15/h5-8,10-11,14H,9H2,1-4H3,(H,19,22)/t14-/m1/s1. The summed E-state index contributed by atoms with van der Waals surface area (Å²) in [4.78, 5) is 36.7. The van der Waals surface area contributed by atoms with E-state index in [0.29, 0.717) is 17.3 Å². The van der Waals surface area contributed by atoms with E-state index in [4.69, 9.17) is 4.74 Å². The van der Waals surface area contributed by atoms with Gasteiger partial charge in [-0.1, -0.05) is 32.0 Å². The van der Waals surface area contributed by atoms with Crippen molar-refractivity contribution in [3.05, 3.63) is 46.2 Å². The molecule has 6 heteroatoms. The molecule has 0 saturated heterocycles. The first kappa shape index (κ1) is 17.7. The van der Waals surface area contributed by atoms with Gasteiger partial charge in [-0.3, -0.25) is 9.59 Å². The van der Waals surface area contributed by atoms with Gasteiger partial charge in [0, 0.05) is 18.5 Å². The molecule has 1 aromatic heterocycles. The molecule has 0 aliphatic carbocycles. The van der Waals surface area contributed by atoms with Crippen LogP contribution in [0.4, 0.5) is 0 Å². The maximum absolute atomic E-state index is 12.7.